The molecule has 0 unspecified atom stereocenters. The number of rotatable bonds is 32. The third-order valence-corrected chi connectivity index (χ3v) is 8.16. The van der Waals surface area contributed by atoms with Crippen LogP contribution in [0.4, 0.5) is 0 Å². The van der Waals surface area contributed by atoms with Gasteiger partial charge in [0, 0.05) is 52.5 Å². The van der Waals surface area contributed by atoms with Gasteiger partial charge in [-0.1, -0.05) is 88.5 Å². The first-order valence-corrected chi connectivity index (χ1v) is 18.4. The predicted molar refractivity (Wildman–Crippen MR) is 183 cm³/mol. The van der Waals surface area contributed by atoms with Crippen molar-refractivity contribution >= 4 is 0 Å². The quantitative estimate of drug-likeness (QED) is 0.0588. The van der Waals surface area contributed by atoms with Crippen LogP contribution in [0.5, 0.6) is 0 Å². The lowest BCUT2D eigenvalue weighted by atomic mass is 9.96. The summed E-state index contributed by atoms with van der Waals surface area (Å²) >= 11 is 0. The fourth-order valence-electron chi connectivity index (χ4n) is 6.13. The number of aryl methyl sites for hydroxylation is 2. The molecule has 0 saturated heterocycles. The molecule has 0 aliphatic rings. The molecule has 1 aromatic carbocycles. The molecular weight excluding hydrogens is 552 g/mol. The molecule has 0 N–H and O–H groups in total. The van der Waals surface area contributed by atoms with Crippen LogP contribution >= 0.6 is 0 Å². The van der Waals surface area contributed by atoms with Crippen molar-refractivity contribution in [2.24, 2.45) is 0 Å². The second-order valence-electron chi connectivity index (χ2n) is 11.7. The normalized spacial score (nSPS) is 12.3. The number of ether oxygens (including phenoxy) is 6. The summed E-state index contributed by atoms with van der Waals surface area (Å²) < 4.78 is 35.1. The summed E-state index contributed by atoms with van der Waals surface area (Å²) in [5.41, 5.74) is 3.13. The molecule has 6 nitrogen and oxygen atoms in total. The highest BCUT2D eigenvalue weighted by Gasteiger charge is 2.32. The zero-order valence-electron chi connectivity index (χ0n) is 29.7. The molecule has 0 amide bonds. The van der Waals surface area contributed by atoms with Crippen molar-refractivity contribution in [3.63, 3.8) is 0 Å². The van der Waals surface area contributed by atoms with E-state index in [1.807, 2.05) is 41.5 Å². The van der Waals surface area contributed by atoms with Crippen LogP contribution in [0.3, 0.4) is 0 Å². The summed E-state index contributed by atoms with van der Waals surface area (Å²) in [5.74, 6) is -1.70. The smallest absolute Gasteiger partial charge is 0.282 e. The third kappa shape index (κ3) is 18.2. The summed E-state index contributed by atoms with van der Waals surface area (Å²) in [6, 6.07) is 9.12. The largest absolute Gasteiger partial charge is 0.328 e. The fraction of sp³-hybridized carbons (Fsp3) is 0.842. The number of hydrogen-bond donors (Lipinski definition) is 0. The minimum Gasteiger partial charge on any atom is -0.328 e. The highest BCUT2D eigenvalue weighted by molar-refractivity contribution is 5.27. The first kappa shape index (κ1) is 41.0. The second kappa shape index (κ2) is 27.1. The van der Waals surface area contributed by atoms with Crippen molar-refractivity contribution in [3.05, 3.63) is 35.4 Å². The van der Waals surface area contributed by atoms with Gasteiger partial charge in [-0.2, -0.15) is 0 Å². The van der Waals surface area contributed by atoms with Crippen LogP contribution < -0.4 is 0 Å². The van der Waals surface area contributed by atoms with Gasteiger partial charge in [0.15, 0.2) is 0 Å². The van der Waals surface area contributed by atoms with Crippen molar-refractivity contribution in [2.75, 3.05) is 39.6 Å². The van der Waals surface area contributed by atoms with Crippen molar-refractivity contribution in [2.45, 2.75) is 169 Å². The van der Waals surface area contributed by atoms with Crippen LogP contribution in [0.25, 0.3) is 0 Å². The minimum absolute atomic E-state index is 0.603. The van der Waals surface area contributed by atoms with E-state index in [1.54, 1.807) is 11.1 Å². The minimum atomic E-state index is -0.849. The molecule has 0 bridgehead atoms. The first-order valence-electron chi connectivity index (χ1n) is 18.4. The SMILES string of the molecule is CCOC(CCCCCCCCCc1ccccc1CCCCCCCCCC(OCC)(OCC)OCC)(OCC)OCC. The molecular formula is C38H70O6. The van der Waals surface area contributed by atoms with Crippen molar-refractivity contribution in [3.8, 4) is 0 Å². The van der Waals surface area contributed by atoms with Crippen LogP contribution in [-0.2, 0) is 41.3 Å². The fourth-order valence-corrected chi connectivity index (χ4v) is 6.13. The van der Waals surface area contributed by atoms with E-state index in [1.165, 1.54) is 89.9 Å². The molecule has 0 saturated carbocycles. The maximum absolute atomic E-state index is 5.85. The molecule has 44 heavy (non-hydrogen) atoms. The van der Waals surface area contributed by atoms with Gasteiger partial charge in [-0.25, -0.2) is 0 Å². The zero-order chi connectivity index (χ0) is 32.2. The van der Waals surface area contributed by atoms with E-state index in [0.29, 0.717) is 39.6 Å². The van der Waals surface area contributed by atoms with Gasteiger partial charge < -0.3 is 28.4 Å². The van der Waals surface area contributed by atoms with E-state index < -0.39 is 11.9 Å². The van der Waals surface area contributed by atoms with Gasteiger partial charge in [0.2, 0.25) is 0 Å². The van der Waals surface area contributed by atoms with E-state index in [2.05, 4.69) is 24.3 Å². The van der Waals surface area contributed by atoms with Crippen LogP contribution in [0, 0.1) is 0 Å². The zero-order valence-corrected chi connectivity index (χ0v) is 29.7. The average molecular weight is 623 g/mol. The Morgan fingerprint density at radius 1 is 0.364 bits per heavy atom. The molecule has 0 aromatic heterocycles. The van der Waals surface area contributed by atoms with Crippen LogP contribution in [-0.4, -0.2) is 51.6 Å². The van der Waals surface area contributed by atoms with Crippen LogP contribution in [0.15, 0.2) is 24.3 Å². The first-order chi connectivity index (χ1) is 21.5. The van der Waals surface area contributed by atoms with Crippen molar-refractivity contribution in [1.82, 2.24) is 0 Å². The molecule has 0 spiro atoms. The van der Waals surface area contributed by atoms with Gasteiger partial charge in [-0.3, -0.25) is 0 Å². The lowest BCUT2D eigenvalue weighted by Crippen LogP contribution is -2.39. The van der Waals surface area contributed by atoms with Crippen molar-refractivity contribution in [1.29, 1.82) is 0 Å². The maximum atomic E-state index is 5.85. The number of unbranched alkanes of at least 4 members (excludes halogenated alkanes) is 12. The van der Waals surface area contributed by atoms with Gasteiger partial charge in [-0.05, 0) is 91.2 Å². The Bertz CT molecular complexity index is 672. The van der Waals surface area contributed by atoms with Gasteiger partial charge in [0.1, 0.15) is 0 Å². The highest BCUT2D eigenvalue weighted by Crippen LogP contribution is 2.26. The van der Waals surface area contributed by atoms with Gasteiger partial charge in [0.05, 0.1) is 0 Å². The molecule has 258 valence electrons. The molecule has 6 heteroatoms. The van der Waals surface area contributed by atoms with E-state index in [4.69, 9.17) is 28.4 Å². The summed E-state index contributed by atoms with van der Waals surface area (Å²) in [6.45, 7) is 15.6. The van der Waals surface area contributed by atoms with E-state index in [9.17, 15) is 0 Å². The maximum Gasteiger partial charge on any atom is 0.282 e. The Morgan fingerprint density at radius 3 is 0.886 bits per heavy atom. The molecule has 1 aromatic rings. The van der Waals surface area contributed by atoms with E-state index in [0.717, 1.165) is 25.7 Å². The van der Waals surface area contributed by atoms with Gasteiger partial charge >= 0.3 is 0 Å². The Morgan fingerprint density at radius 2 is 0.614 bits per heavy atom. The van der Waals surface area contributed by atoms with Gasteiger partial charge in [-0.15, -0.1) is 0 Å². The van der Waals surface area contributed by atoms with Crippen molar-refractivity contribution < 1.29 is 28.4 Å². The molecule has 0 aliphatic heterocycles. The monoisotopic (exact) mass is 623 g/mol. The molecule has 1 rings (SSSR count). The highest BCUT2D eigenvalue weighted by atomic mass is 16.9. The number of hydrogen-bond acceptors (Lipinski definition) is 6. The molecule has 0 atom stereocenters. The molecule has 0 aliphatic carbocycles. The Balaban J connectivity index is 2.18. The average Bonchev–Trinajstić information content (AvgIpc) is 3.01. The van der Waals surface area contributed by atoms with E-state index >= 15 is 0 Å². The van der Waals surface area contributed by atoms with E-state index in [-0.39, 0.29) is 0 Å². The van der Waals surface area contributed by atoms with Gasteiger partial charge in [0.25, 0.3) is 11.9 Å². The second-order valence-corrected chi connectivity index (χ2v) is 11.7. The number of benzene rings is 1. The lowest BCUT2D eigenvalue weighted by Gasteiger charge is -2.32. The summed E-state index contributed by atoms with van der Waals surface area (Å²) in [4.78, 5) is 0. The standard InChI is InChI=1S/C38H70O6/c1-7-39-37(40-8-2,41-9-3)33-27-21-17-13-15-19-23-29-35-31-25-26-32-36(35)30-24-20-16-14-18-22-28-34-38(42-10-4,43-11-5)44-12-6/h25-26,31-32H,7-24,27-30,33-34H2,1-6H3. The summed E-state index contributed by atoms with van der Waals surface area (Å²) in [5, 5.41) is 0. The Hall–Kier alpha value is -1.02. The van der Waals surface area contributed by atoms with Crippen LogP contribution in [0.1, 0.15) is 155 Å². The Labute approximate surface area is 272 Å². The predicted octanol–water partition coefficient (Wildman–Crippen LogP) is 10.5. The third-order valence-electron chi connectivity index (χ3n) is 8.16. The molecule has 0 radical (unpaired) electrons. The molecule has 0 fully saturated rings. The molecule has 0 heterocycles. The van der Waals surface area contributed by atoms with Crippen LogP contribution in [0.2, 0.25) is 0 Å². The Kier molecular flexibility index (Phi) is 25.3. The lowest BCUT2D eigenvalue weighted by molar-refractivity contribution is -0.380. The summed E-state index contributed by atoms with van der Waals surface area (Å²) in [6.07, 6.45) is 21.6. The summed E-state index contributed by atoms with van der Waals surface area (Å²) in [7, 11) is 0. The topological polar surface area (TPSA) is 55.4 Å².